The van der Waals surface area contributed by atoms with Gasteiger partial charge in [0.1, 0.15) is 91.6 Å². The van der Waals surface area contributed by atoms with E-state index in [1.165, 1.54) is 0 Å². The Morgan fingerprint density at radius 1 is 0.468 bits per heavy atom. The molecule has 4 saturated heterocycles. The van der Waals surface area contributed by atoms with Crippen molar-refractivity contribution < 1.29 is 109 Å². The van der Waals surface area contributed by atoms with Gasteiger partial charge in [0.05, 0.1) is 26.4 Å². The average Bonchev–Trinajstić information content (AvgIpc) is 3.05. The predicted molar refractivity (Wildman–Crippen MR) is 140 cm³/mol. The van der Waals surface area contributed by atoms with Gasteiger partial charge >= 0.3 is 5.97 Å². The number of rotatable bonds is 11. The Morgan fingerprint density at radius 3 is 1.40 bits per heavy atom. The van der Waals surface area contributed by atoms with Crippen LogP contribution >= 0.6 is 0 Å². The number of hydrogen-bond donors (Lipinski definition) is 14. The molecule has 0 saturated carbocycles. The Balaban J connectivity index is 1.47. The summed E-state index contributed by atoms with van der Waals surface area (Å²) in [4.78, 5) is 0. The van der Waals surface area contributed by atoms with Crippen molar-refractivity contribution in [3.63, 3.8) is 0 Å². The lowest BCUT2D eigenvalue weighted by atomic mass is 9.95. The second-order valence-corrected chi connectivity index (χ2v) is 11.6. The van der Waals surface area contributed by atoms with Crippen LogP contribution in [0.1, 0.15) is 0 Å². The largest absolute Gasteiger partial charge is 0.394 e. The quantitative estimate of drug-likeness (QED) is 0.0891. The number of ether oxygens (including phenoxy) is 8. The molecule has 4 aliphatic rings. The molecule has 4 fully saturated rings. The van der Waals surface area contributed by atoms with Gasteiger partial charge in [0.2, 0.25) is 0 Å². The van der Waals surface area contributed by atoms with Crippen molar-refractivity contribution in [2.45, 2.75) is 123 Å². The molecule has 4 heterocycles. The summed E-state index contributed by atoms with van der Waals surface area (Å²) >= 11 is 0. The summed E-state index contributed by atoms with van der Waals surface area (Å²) in [6.45, 7) is -3.47. The molecule has 47 heavy (non-hydrogen) atoms. The van der Waals surface area contributed by atoms with Crippen LogP contribution in [0.3, 0.4) is 0 Å². The Kier molecular flexibility index (Phi) is 13.2. The zero-order chi connectivity index (χ0) is 35.0. The van der Waals surface area contributed by atoms with Crippen molar-refractivity contribution in [2.24, 2.45) is 0 Å². The first kappa shape index (κ1) is 38.9. The lowest BCUT2D eigenvalue weighted by Crippen LogP contribution is -2.69. The Hall–Kier alpha value is -0.880. The van der Waals surface area contributed by atoms with Crippen molar-refractivity contribution in [3.8, 4) is 0 Å². The van der Waals surface area contributed by atoms with Gasteiger partial charge in [-0.25, -0.2) is 0 Å². The maximum atomic E-state index is 11.0. The van der Waals surface area contributed by atoms with E-state index in [0.717, 1.165) is 7.11 Å². The van der Waals surface area contributed by atoms with Crippen LogP contribution in [0, 0.1) is 0 Å². The molecule has 0 aromatic heterocycles. The van der Waals surface area contributed by atoms with Crippen LogP contribution in [0.5, 0.6) is 0 Å². The molecule has 0 aliphatic carbocycles. The normalized spacial score (nSPS) is 50.7. The molecule has 0 radical (unpaired) electrons. The van der Waals surface area contributed by atoms with Crippen LogP contribution < -0.4 is 0 Å². The van der Waals surface area contributed by atoms with Gasteiger partial charge in [-0.15, -0.1) is 0 Å². The first-order chi connectivity index (χ1) is 22.1. The lowest BCUT2D eigenvalue weighted by Gasteiger charge is -2.49. The summed E-state index contributed by atoms with van der Waals surface area (Å²) in [5, 5.41) is 142. The van der Waals surface area contributed by atoms with Gasteiger partial charge in [0.25, 0.3) is 0 Å². The standard InChI is InChI=1S/C25H44O22/c1-40-20-16(36)24(45-18-9(5-29)47-25(38,39)21(37)15(18)35)43-8(4-28)19(20)46-23-14(34)12(32)17(7(3-27)42-23)44-22-13(33)11(31)10(30)6(2-26)41-22/h6-24,26-39H,2-5H2,1H3/t6-,7-,8-,9-,10-,11+,12-,13-,14-,15+,16-,17-,18-,19+,20-,21-,22+,23+,24+/m1/s1. The van der Waals surface area contributed by atoms with E-state index in [-0.39, 0.29) is 0 Å². The third kappa shape index (κ3) is 7.74. The zero-order valence-electron chi connectivity index (χ0n) is 24.8. The van der Waals surface area contributed by atoms with Gasteiger partial charge in [0, 0.05) is 7.11 Å². The minimum atomic E-state index is -3.25. The topological polar surface area (TPSA) is 357 Å². The van der Waals surface area contributed by atoms with Crippen molar-refractivity contribution in [2.75, 3.05) is 33.5 Å². The highest BCUT2D eigenvalue weighted by molar-refractivity contribution is 4.98. The molecule has 276 valence electrons. The molecule has 0 aromatic carbocycles. The average molecular weight is 697 g/mol. The van der Waals surface area contributed by atoms with Gasteiger partial charge in [-0.05, 0) is 0 Å². The summed E-state index contributed by atoms with van der Waals surface area (Å²) in [6.07, 6.45) is -33.4. The third-order valence-corrected chi connectivity index (χ3v) is 8.53. The van der Waals surface area contributed by atoms with Crippen LogP contribution in [-0.2, 0) is 37.9 Å². The van der Waals surface area contributed by atoms with Crippen molar-refractivity contribution in [3.05, 3.63) is 0 Å². The van der Waals surface area contributed by atoms with Crippen molar-refractivity contribution in [1.29, 1.82) is 0 Å². The fourth-order valence-corrected chi connectivity index (χ4v) is 5.86. The molecule has 0 aromatic rings. The molecule has 14 N–H and O–H groups in total. The van der Waals surface area contributed by atoms with Crippen LogP contribution in [0.2, 0.25) is 0 Å². The van der Waals surface area contributed by atoms with Gasteiger partial charge in [-0.2, -0.15) is 0 Å². The molecular formula is C25H44O22. The molecule has 0 unspecified atom stereocenters. The number of methoxy groups -OCH3 is 1. The van der Waals surface area contributed by atoms with E-state index in [9.17, 15) is 71.5 Å². The molecular weight excluding hydrogens is 652 g/mol. The summed E-state index contributed by atoms with van der Waals surface area (Å²) in [5.74, 6) is -3.25. The predicted octanol–water partition coefficient (Wildman–Crippen LogP) is -9.77. The smallest absolute Gasteiger partial charge is 0.308 e. The number of hydrogen-bond acceptors (Lipinski definition) is 22. The van der Waals surface area contributed by atoms with E-state index >= 15 is 0 Å². The Morgan fingerprint density at radius 2 is 0.894 bits per heavy atom. The van der Waals surface area contributed by atoms with E-state index in [1.54, 1.807) is 0 Å². The molecule has 0 spiro atoms. The molecule has 22 nitrogen and oxygen atoms in total. The van der Waals surface area contributed by atoms with Gasteiger partial charge in [-0.3, -0.25) is 0 Å². The summed E-state index contributed by atoms with van der Waals surface area (Å²) < 4.78 is 43.4. The second kappa shape index (κ2) is 16.0. The van der Waals surface area contributed by atoms with Gasteiger partial charge < -0.3 is 109 Å². The fraction of sp³-hybridized carbons (Fsp3) is 1.00. The van der Waals surface area contributed by atoms with Crippen LogP contribution in [0.4, 0.5) is 0 Å². The fourth-order valence-electron chi connectivity index (χ4n) is 5.86. The minimum Gasteiger partial charge on any atom is -0.394 e. The van der Waals surface area contributed by atoms with E-state index in [2.05, 4.69) is 0 Å². The van der Waals surface area contributed by atoms with Gasteiger partial charge in [0.15, 0.2) is 25.0 Å². The summed E-state index contributed by atoms with van der Waals surface area (Å²) in [5.41, 5.74) is 0. The second-order valence-electron chi connectivity index (χ2n) is 11.6. The summed E-state index contributed by atoms with van der Waals surface area (Å²) in [6, 6.07) is 0. The monoisotopic (exact) mass is 696 g/mol. The first-order valence-corrected chi connectivity index (χ1v) is 14.6. The van der Waals surface area contributed by atoms with Crippen molar-refractivity contribution >= 4 is 0 Å². The zero-order valence-corrected chi connectivity index (χ0v) is 24.8. The van der Waals surface area contributed by atoms with E-state index < -0.39 is 149 Å². The maximum absolute atomic E-state index is 11.0. The highest BCUT2D eigenvalue weighted by Crippen LogP contribution is 2.35. The molecule has 0 bridgehead atoms. The molecule has 4 rings (SSSR count). The Bertz CT molecular complexity index is 971. The maximum Gasteiger partial charge on any atom is 0.308 e. The molecule has 22 heteroatoms. The summed E-state index contributed by atoms with van der Waals surface area (Å²) in [7, 11) is 1.11. The lowest BCUT2D eigenvalue weighted by molar-refractivity contribution is -0.447. The molecule has 19 atom stereocenters. The van der Waals surface area contributed by atoms with Crippen LogP contribution in [0.15, 0.2) is 0 Å². The van der Waals surface area contributed by atoms with Crippen LogP contribution in [-0.4, -0.2) is 228 Å². The Labute approximate surface area is 266 Å². The highest BCUT2D eigenvalue weighted by Gasteiger charge is 2.57. The van der Waals surface area contributed by atoms with Crippen molar-refractivity contribution in [1.82, 2.24) is 0 Å². The molecule has 0 amide bonds. The SMILES string of the molecule is CO[C@@H]1[C@@H](O)[C@H](O[C@H]2[C@H](O)[C@@H](O)C(O)(O)O[C@@H]2CO)O[C@H](CO)[C@@H]1O[C@@H]1O[C@H](CO)[C@@H](O[C@@H]2O[C@H](CO)[C@@H](O)[C@H](O)[C@H]2O)[C@H](O)[C@H]1O. The third-order valence-electron chi connectivity index (χ3n) is 8.53. The number of aliphatic hydroxyl groups is 14. The van der Waals surface area contributed by atoms with E-state index in [1.807, 2.05) is 0 Å². The number of aliphatic hydroxyl groups excluding tert-OH is 12. The van der Waals surface area contributed by atoms with Crippen LogP contribution in [0.25, 0.3) is 0 Å². The molecule has 4 aliphatic heterocycles. The van der Waals surface area contributed by atoms with E-state index in [4.69, 9.17) is 37.9 Å². The van der Waals surface area contributed by atoms with Gasteiger partial charge in [-0.1, -0.05) is 0 Å². The first-order valence-electron chi connectivity index (χ1n) is 14.6. The minimum absolute atomic E-state index is 0.782. The van der Waals surface area contributed by atoms with E-state index in [0.29, 0.717) is 0 Å². The highest BCUT2D eigenvalue weighted by atomic mass is 16.8.